The van der Waals surface area contributed by atoms with E-state index >= 15 is 0 Å². The molecule has 3 rings (SSSR count). The average Bonchev–Trinajstić information content (AvgIpc) is 3.13. The molecular weight excluding hydrogens is 278 g/mol. The molecule has 0 radical (unpaired) electrons. The smallest absolute Gasteiger partial charge is 0.242 e. The fraction of sp³-hybridized carbons (Fsp3) is 0.750. The van der Waals surface area contributed by atoms with Crippen LogP contribution in [0.2, 0.25) is 0 Å². The second-order valence-corrected chi connectivity index (χ2v) is 6.44. The highest BCUT2D eigenvalue weighted by molar-refractivity contribution is 5.93. The first kappa shape index (κ1) is 15.5. The van der Waals surface area contributed by atoms with E-state index in [2.05, 4.69) is 20.6 Å². The van der Waals surface area contributed by atoms with Crippen molar-refractivity contribution < 1.29 is 4.79 Å². The van der Waals surface area contributed by atoms with Crippen molar-refractivity contribution in [2.45, 2.75) is 51.1 Å². The molecule has 1 amide bonds. The Bertz CT molecular complexity index is 486. The number of anilines is 1. The van der Waals surface area contributed by atoms with Gasteiger partial charge in [0.2, 0.25) is 5.91 Å². The maximum atomic E-state index is 12.4. The first-order valence-corrected chi connectivity index (χ1v) is 8.55. The van der Waals surface area contributed by atoms with Gasteiger partial charge in [-0.15, -0.1) is 0 Å². The van der Waals surface area contributed by atoms with Crippen molar-refractivity contribution >= 4 is 11.7 Å². The maximum Gasteiger partial charge on any atom is 0.242 e. The lowest BCUT2D eigenvalue weighted by molar-refractivity contribution is -0.120. The molecule has 2 saturated heterocycles. The van der Waals surface area contributed by atoms with Gasteiger partial charge in [0.1, 0.15) is 0 Å². The quantitative estimate of drug-likeness (QED) is 0.887. The molecule has 2 aliphatic rings. The summed E-state index contributed by atoms with van der Waals surface area (Å²) >= 11 is 0. The van der Waals surface area contributed by atoms with Gasteiger partial charge in [0, 0.05) is 18.8 Å². The third-order valence-corrected chi connectivity index (χ3v) is 4.84. The first-order valence-electron chi connectivity index (χ1n) is 8.55. The Morgan fingerprint density at radius 3 is 2.82 bits per heavy atom. The predicted octanol–water partition coefficient (Wildman–Crippen LogP) is 1.62. The van der Waals surface area contributed by atoms with E-state index in [0.717, 1.165) is 32.6 Å². The topological polar surface area (TPSA) is 62.2 Å². The van der Waals surface area contributed by atoms with Crippen LogP contribution < -0.4 is 10.6 Å². The first-order chi connectivity index (χ1) is 10.7. The minimum absolute atomic E-state index is 0.0525. The molecule has 2 N–H and O–H groups in total. The summed E-state index contributed by atoms with van der Waals surface area (Å²) < 4.78 is 1.96. The van der Waals surface area contributed by atoms with Crippen LogP contribution in [0, 0.1) is 0 Å². The highest BCUT2D eigenvalue weighted by Gasteiger charge is 2.23. The van der Waals surface area contributed by atoms with Gasteiger partial charge in [-0.05, 0) is 45.8 Å². The minimum Gasteiger partial charge on any atom is -0.315 e. The molecule has 2 unspecified atom stereocenters. The zero-order chi connectivity index (χ0) is 15.4. The van der Waals surface area contributed by atoms with Gasteiger partial charge in [-0.3, -0.25) is 14.4 Å². The fourth-order valence-corrected chi connectivity index (χ4v) is 3.35. The third kappa shape index (κ3) is 3.67. The molecule has 22 heavy (non-hydrogen) atoms. The van der Waals surface area contributed by atoms with Gasteiger partial charge in [0.25, 0.3) is 0 Å². The summed E-state index contributed by atoms with van der Waals surface area (Å²) in [5.74, 6) is 0.718. The Balaban J connectivity index is 1.56. The summed E-state index contributed by atoms with van der Waals surface area (Å²) in [6, 6.07) is 2.22. The molecule has 2 aliphatic heterocycles. The second-order valence-electron chi connectivity index (χ2n) is 6.44. The van der Waals surface area contributed by atoms with E-state index in [0.29, 0.717) is 11.9 Å². The minimum atomic E-state index is -0.0867. The predicted molar refractivity (Wildman–Crippen MR) is 86.9 cm³/mol. The maximum absolute atomic E-state index is 12.4. The molecule has 2 fully saturated rings. The molecule has 6 nitrogen and oxygen atoms in total. The molecule has 1 aromatic rings. The number of aromatic nitrogens is 2. The number of nitrogens with one attached hydrogen (secondary N) is 2. The van der Waals surface area contributed by atoms with E-state index in [1.165, 1.54) is 25.7 Å². The standard InChI is InChI=1S/C16H27N5O/c1-13(20-9-4-2-3-5-10-20)16(22)18-15-7-11-21(19-15)14-6-8-17-12-14/h7,11,13-14,17H,2-6,8-10,12H2,1H3,(H,18,19,22). The molecule has 2 atom stereocenters. The molecular formula is C16H27N5O. The van der Waals surface area contributed by atoms with Crippen LogP contribution >= 0.6 is 0 Å². The number of carbonyl (C=O) groups excluding carboxylic acids is 1. The number of rotatable bonds is 4. The summed E-state index contributed by atoms with van der Waals surface area (Å²) in [7, 11) is 0. The SMILES string of the molecule is CC(C(=O)Nc1ccn(C2CCNC2)n1)N1CCCCCC1. The van der Waals surface area contributed by atoms with Crippen LogP contribution in [0.1, 0.15) is 45.1 Å². The summed E-state index contributed by atoms with van der Waals surface area (Å²) in [6.07, 6.45) is 8.01. The van der Waals surface area contributed by atoms with Gasteiger partial charge in [-0.1, -0.05) is 12.8 Å². The highest BCUT2D eigenvalue weighted by Crippen LogP contribution is 2.17. The lowest BCUT2D eigenvalue weighted by Gasteiger charge is -2.26. The average molecular weight is 305 g/mol. The number of amides is 1. The summed E-state index contributed by atoms with van der Waals surface area (Å²) in [5, 5.41) is 10.8. The van der Waals surface area contributed by atoms with Crippen molar-refractivity contribution in [3.05, 3.63) is 12.3 Å². The van der Waals surface area contributed by atoms with Crippen molar-refractivity contribution in [3.8, 4) is 0 Å². The Labute approximate surface area is 132 Å². The molecule has 1 aromatic heterocycles. The summed E-state index contributed by atoms with van der Waals surface area (Å²) in [6.45, 7) is 6.05. The van der Waals surface area contributed by atoms with Crippen LogP contribution in [-0.4, -0.2) is 52.8 Å². The second kappa shape index (κ2) is 7.24. The molecule has 0 aromatic carbocycles. The van der Waals surface area contributed by atoms with E-state index in [-0.39, 0.29) is 11.9 Å². The Kier molecular flexibility index (Phi) is 5.10. The van der Waals surface area contributed by atoms with Crippen molar-refractivity contribution in [2.24, 2.45) is 0 Å². The number of hydrogen-bond donors (Lipinski definition) is 2. The van der Waals surface area contributed by atoms with E-state index in [1.54, 1.807) is 0 Å². The van der Waals surface area contributed by atoms with E-state index < -0.39 is 0 Å². The lowest BCUT2D eigenvalue weighted by atomic mass is 10.2. The summed E-state index contributed by atoms with van der Waals surface area (Å²) in [4.78, 5) is 14.7. The van der Waals surface area contributed by atoms with Gasteiger partial charge in [0.05, 0.1) is 12.1 Å². The molecule has 122 valence electrons. The van der Waals surface area contributed by atoms with Crippen molar-refractivity contribution in [2.75, 3.05) is 31.5 Å². The van der Waals surface area contributed by atoms with Crippen molar-refractivity contribution in [1.82, 2.24) is 20.0 Å². The zero-order valence-corrected chi connectivity index (χ0v) is 13.4. The third-order valence-electron chi connectivity index (χ3n) is 4.84. The molecule has 0 aliphatic carbocycles. The molecule has 0 bridgehead atoms. The van der Waals surface area contributed by atoms with E-state index in [9.17, 15) is 4.79 Å². The molecule has 3 heterocycles. The normalized spacial score (nSPS) is 24.9. The number of hydrogen-bond acceptors (Lipinski definition) is 4. The van der Waals surface area contributed by atoms with Crippen LogP contribution in [-0.2, 0) is 4.79 Å². The van der Waals surface area contributed by atoms with Crippen LogP contribution in [0.3, 0.4) is 0 Å². The number of likely N-dealkylation sites (tertiary alicyclic amines) is 1. The molecule has 0 saturated carbocycles. The number of nitrogens with zero attached hydrogens (tertiary/aromatic N) is 3. The van der Waals surface area contributed by atoms with E-state index in [4.69, 9.17) is 0 Å². The van der Waals surface area contributed by atoms with Gasteiger partial charge in [0.15, 0.2) is 5.82 Å². The lowest BCUT2D eigenvalue weighted by Crippen LogP contribution is -2.42. The Hall–Kier alpha value is -1.40. The monoisotopic (exact) mass is 305 g/mol. The Morgan fingerprint density at radius 2 is 2.14 bits per heavy atom. The summed E-state index contributed by atoms with van der Waals surface area (Å²) in [5.41, 5.74) is 0. The molecule has 0 spiro atoms. The molecule has 6 heteroatoms. The van der Waals surface area contributed by atoms with Crippen LogP contribution in [0.5, 0.6) is 0 Å². The highest BCUT2D eigenvalue weighted by atomic mass is 16.2. The van der Waals surface area contributed by atoms with Gasteiger partial charge < -0.3 is 10.6 Å². The van der Waals surface area contributed by atoms with Crippen LogP contribution in [0.15, 0.2) is 12.3 Å². The Morgan fingerprint density at radius 1 is 1.36 bits per heavy atom. The van der Waals surface area contributed by atoms with E-state index in [1.807, 2.05) is 23.9 Å². The zero-order valence-electron chi connectivity index (χ0n) is 13.4. The van der Waals surface area contributed by atoms with Gasteiger partial charge in [-0.2, -0.15) is 5.10 Å². The van der Waals surface area contributed by atoms with Crippen LogP contribution in [0.4, 0.5) is 5.82 Å². The van der Waals surface area contributed by atoms with Gasteiger partial charge in [-0.25, -0.2) is 0 Å². The number of carbonyl (C=O) groups is 1. The van der Waals surface area contributed by atoms with Gasteiger partial charge >= 0.3 is 0 Å². The van der Waals surface area contributed by atoms with Crippen molar-refractivity contribution in [1.29, 1.82) is 0 Å². The largest absolute Gasteiger partial charge is 0.315 e. The fourth-order valence-electron chi connectivity index (χ4n) is 3.35. The van der Waals surface area contributed by atoms with Crippen LogP contribution in [0.25, 0.3) is 0 Å². The van der Waals surface area contributed by atoms with Crippen molar-refractivity contribution in [3.63, 3.8) is 0 Å².